The Kier molecular flexibility index (Phi) is 9.82. The first-order valence-corrected chi connectivity index (χ1v) is 8.70. The molecule has 3 N–H and O–H groups in total. The second-order valence-corrected chi connectivity index (χ2v) is 5.80. The van der Waals surface area contributed by atoms with Crippen molar-refractivity contribution in [2.24, 2.45) is 4.99 Å². The van der Waals surface area contributed by atoms with Crippen LogP contribution in [0.5, 0.6) is 5.75 Å². The van der Waals surface area contributed by atoms with Crippen LogP contribution in [0.4, 0.5) is 0 Å². The summed E-state index contributed by atoms with van der Waals surface area (Å²) in [5.41, 5.74) is 0.999. The lowest BCUT2D eigenvalue weighted by atomic mass is 10.2. The summed E-state index contributed by atoms with van der Waals surface area (Å²) in [6.07, 6.45) is 2.12. The first-order valence-electron chi connectivity index (χ1n) is 8.70. The van der Waals surface area contributed by atoms with Gasteiger partial charge >= 0.3 is 0 Å². The van der Waals surface area contributed by atoms with Gasteiger partial charge in [-0.05, 0) is 26.8 Å². The van der Waals surface area contributed by atoms with Crippen LogP contribution >= 0.6 is 0 Å². The Morgan fingerprint density at radius 2 is 2.08 bits per heavy atom. The van der Waals surface area contributed by atoms with Crippen LogP contribution in [-0.4, -0.2) is 37.6 Å². The predicted molar refractivity (Wildman–Crippen MR) is 103 cm³/mol. The fourth-order valence-corrected chi connectivity index (χ4v) is 2.12. The molecule has 0 unspecified atom stereocenters. The maximum absolute atomic E-state index is 11.7. The number of nitrogens with one attached hydrogen (secondary N) is 3. The van der Waals surface area contributed by atoms with E-state index in [0.717, 1.165) is 17.9 Å². The minimum absolute atomic E-state index is 0.0292. The van der Waals surface area contributed by atoms with Gasteiger partial charge in [0.25, 0.3) is 0 Å². The summed E-state index contributed by atoms with van der Waals surface area (Å²) in [7, 11) is 0. The highest BCUT2D eigenvalue weighted by Gasteiger charge is 2.05. The number of carbonyl (C=O) groups is 1. The van der Waals surface area contributed by atoms with E-state index < -0.39 is 0 Å². The number of hydrogen-bond acceptors (Lipinski definition) is 3. The largest absolute Gasteiger partial charge is 0.489 e. The van der Waals surface area contributed by atoms with Gasteiger partial charge < -0.3 is 20.7 Å². The quantitative estimate of drug-likeness (QED) is 0.345. The Hall–Kier alpha value is -2.50. The molecule has 1 rings (SSSR count). The number of guanidine groups is 1. The topological polar surface area (TPSA) is 74.8 Å². The van der Waals surface area contributed by atoms with Crippen molar-refractivity contribution >= 4 is 11.9 Å². The molecule has 0 aromatic heterocycles. The van der Waals surface area contributed by atoms with Gasteiger partial charge in [-0.2, -0.15) is 0 Å². The molecule has 138 valence electrons. The number of amides is 1. The number of carbonyl (C=O) groups excluding carboxylic acids is 1. The van der Waals surface area contributed by atoms with E-state index in [1.807, 2.05) is 45.0 Å². The van der Waals surface area contributed by atoms with Gasteiger partial charge in [0.1, 0.15) is 12.4 Å². The molecule has 0 saturated heterocycles. The van der Waals surface area contributed by atoms with Gasteiger partial charge in [0.15, 0.2) is 5.96 Å². The summed E-state index contributed by atoms with van der Waals surface area (Å²) >= 11 is 0. The average Bonchev–Trinajstić information content (AvgIpc) is 2.58. The first-order chi connectivity index (χ1) is 12.1. The molecule has 1 aromatic rings. The second-order valence-electron chi connectivity index (χ2n) is 5.80. The van der Waals surface area contributed by atoms with Crippen molar-refractivity contribution in [1.82, 2.24) is 16.0 Å². The van der Waals surface area contributed by atoms with Crippen molar-refractivity contribution in [3.63, 3.8) is 0 Å². The van der Waals surface area contributed by atoms with Gasteiger partial charge in [-0.25, -0.2) is 4.99 Å². The van der Waals surface area contributed by atoms with E-state index in [9.17, 15) is 4.79 Å². The third-order valence-electron chi connectivity index (χ3n) is 3.18. The minimum atomic E-state index is 0.0292. The van der Waals surface area contributed by atoms with Gasteiger partial charge in [0.05, 0.1) is 6.54 Å². The lowest BCUT2D eigenvalue weighted by Crippen LogP contribution is -2.40. The number of nitrogens with zero attached hydrogens (tertiary/aromatic N) is 1. The van der Waals surface area contributed by atoms with E-state index in [-0.39, 0.29) is 11.9 Å². The summed E-state index contributed by atoms with van der Waals surface area (Å²) in [6.45, 7) is 11.8. The van der Waals surface area contributed by atoms with Crippen LogP contribution in [0.3, 0.4) is 0 Å². The van der Waals surface area contributed by atoms with Crippen LogP contribution in [0.2, 0.25) is 0 Å². The standard InChI is InChI=1S/C19H30N4O2/c1-5-13-25-17-10-8-7-9-16(17)14-22-19(20-6-2)21-12-11-18(24)23-15(3)4/h5,7-10,15H,1,6,11-14H2,2-4H3,(H,23,24)(H2,20,21,22). The highest BCUT2D eigenvalue weighted by atomic mass is 16.5. The highest BCUT2D eigenvalue weighted by Crippen LogP contribution is 2.18. The minimum Gasteiger partial charge on any atom is -0.489 e. The Morgan fingerprint density at radius 1 is 1.32 bits per heavy atom. The molecule has 0 fully saturated rings. The molecular weight excluding hydrogens is 316 g/mol. The summed E-state index contributed by atoms with van der Waals surface area (Å²) in [5, 5.41) is 9.23. The summed E-state index contributed by atoms with van der Waals surface area (Å²) < 4.78 is 5.65. The first kappa shape index (κ1) is 20.5. The van der Waals surface area contributed by atoms with E-state index in [1.165, 1.54) is 0 Å². The van der Waals surface area contributed by atoms with Crippen LogP contribution in [0.15, 0.2) is 41.9 Å². The maximum atomic E-state index is 11.7. The predicted octanol–water partition coefficient (Wildman–Crippen LogP) is 2.22. The fraction of sp³-hybridized carbons (Fsp3) is 0.474. The number of aliphatic imine (C=N–C) groups is 1. The smallest absolute Gasteiger partial charge is 0.221 e. The van der Waals surface area contributed by atoms with Crippen molar-refractivity contribution in [1.29, 1.82) is 0 Å². The van der Waals surface area contributed by atoms with Crippen molar-refractivity contribution in [2.75, 3.05) is 19.7 Å². The van der Waals surface area contributed by atoms with Crippen molar-refractivity contribution < 1.29 is 9.53 Å². The third kappa shape index (κ3) is 8.79. The van der Waals surface area contributed by atoms with Gasteiger partial charge in [-0.3, -0.25) is 4.79 Å². The van der Waals surface area contributed by atoms with Gasteiger partial charge in [-0.1, -0.05) is 30.9 Å². The number of hydrogen-bond donors (Lipinski definition) is 3. The second kappa shape index (κ2) is 11.9. The fourth-order valence-electron chi connectivity index (χ4n) is 2.12. The molecule has 25 heavy (non-hydrogen) atoms. The molecule has 0 heterocycles. The Labute approximate surface area is 150 Å². The molecule has 0 aliphatic rings. The summed E-state index contributed by atoms with van der Waals surface area (Å²) in [6, 6.07) is 7.96. The zero-order valence-electron chi connectivity index (χ0n) is 15.5. The molecule has 0 bridgehead atoms. The molecule has 0 aliphatic carbocycles. The van der Waals surface area contributed by atoms with Crippen molar-refractivity contribution in [3.8, 4) is 5.75 Å². The maximum Gasteiger partial charge on any atom is 0.221 e. The van der Waals surface area contributed by atoms with Crippen LogP contribution in [0.1, 0.15) is 32.8 Å². The zero-order chi connectivity index (χ0) is 18.5. The lowest BCUT2D eigenvalue weighted by Gasteiger charge is -2.13. The SMILES string of the molecule is C=CCOc1ccccc1CN=C(NCC)NCCC(=O)NC(C)C. The molecule has 0 atom stereocenters. The number of para-hydroxylation sites is 1. The number of ether oxygens (including phenoxy) is 1. The average molecular weight is 346 g/mol. The van der Waals surface area contributed by atoms with Crippen molar-refractivity contribution in [2.45, 2.75) is 39.8 Å². The van der Waals surface area contributed by atoms with E-state index in [2.05, 4.69) is 27.5 Å². The monoisotopic (exact) mass is 346 g/mol. The van der Waals surface area contributed by atoms with Crippen LogP contribution in [0.25, 0.3) is 0 Å². The molecule has 6 heteroatoms. The van der Waals surface area contributed by atoms with Gasteiger partial charge in [0.2, 0.25) is 5.91 Å². The molecular formula is C19H30N4O2. The molecule has 0 saturated carbocycles. The van der Waals surface area contributed by atoms with E-state index in [4.69, 9.17) is 4.74 Å². The molecule has 0 radical (unpaired) electrons. The van der Waals surface area contributed by atoms with E-state index >= 15 is 0 Å². The van der Waals surface area contributed by atoms with Crippen LogP contribution < -0.4 is 20.7 Å². The summed E-state index contributed by atoms with van der Waals surface area (Å²) in [4.78, 5) is 16.2. The van der Waals surface area contributed by atoms with E-state index in [0.29, 0.717) is 32.1 Å². The molecule has 0 aliphatic heterocycles. The molecule has 6 nitrogen and oxygen atoms in total. The Balaban J connectivity index is 2.60. The lowest BCUT2D eigenvalue weighted by molar-refractivity contribution is -0.121. The van der Waals surface area contributed by atoms with Crippen molar-refractivity contribution in [3.05, 3.63) is 42.5 Å². The Bertz CT molecular complexity index is 570. The van der Waals surface area contributed by atoms with Gasteiger partial charge in [-0.15, -0.1) is 0 Å². The van der Waals surface area contributed by atoms with E-state index in [1.54, 1.807) is 6.08 Å². The molecule has 0 spiro atoms. The number of benzene rings is 1. The third-order valence-corrected chi connectivity index (χ3v) is 3.18. The molecule has 1 aromatic carbocycles. The van der Waals surface area contributed by atoms with Gasteiger partial charge in [0, 0.05) is 31.1 Å². The highest BCUT2D eigenvalue weighted by molar-refractivity contribution is 5.81. The number of rotatable bonds is 10. The van der Waals surface area contributed by atoms with Crippen LogP contribution in [0, 0.1) is 0 Å². The summed E-state index contributed by atoms with van der Waals surface area (Å²) in [5.74, 6) is 1.51. The van der Waals surface area contributed by atoms with Crippen LogP contribution in [-0.2, 0) is 11.3 Å². The Morgan fingerprint density at radius 3 is 2.76 bits per heavy atom. The zero-order valence-corrected chi connectivity index (χ0v) is 15.5. The normalized spacial score (nSPS) is 11.1. The molecule has 1 amide bonds.